The van der Waals surface area contributed by atoms with E-state index in [4.69, 9.17) is 18.9 Å². The Morgan fingerprint density at radius 1 is 0.392 bits per heavy atom. The first-order valence-corrected chi connectivity index (χ1v) is 33.8. The molecule has 462 valence electrons. The molecule has 0 amide bonds. The number of carboxylic acid groups (broad SMARTS) is 1. The van der Waals surface area contributed by atoms with Crippen LogP contribution in [0.15, 0.2) is 48.6 Å². The molecule has 0 aromatic heterocycles. The summed E-state index contributed by atoms with van der Waals surface area (Å²) in [7, 11) is 5.93. The lowest BCUT2D eigenvalue weighted by atomic mass is 10.0. The van der Waals surface area contributed by atoms with Gasteiger partial charge in [-0.3, -0.25) is 9.59 Å². The van der Waals surface area contributed by atoms with Crippen molar-refractivity contribution in [2.45, 2.75) is 334 Å². The molecule has 0 spiro atoms. The topological polar surface area (TPSA) is 111 Å². The second kappa shape index (κ2) is 61.3. The molecule has 0 heterocycles. The average Bonchev–Trinajstić information content (AvgIpc) is 3.42. The van der Waals surface area contributed by atoms with E-state index in [1.807, 2.05) is 21.1 Å². The second-order valence-corrected chi connectivity index (χ2v) is 24.1. The van der Waals surface area contributed by atoms with Crippen LogP contribution in [0.25, 0.3) is 0 Å². The van der Waals surface area contributed by atoms with Crippen molar-refractivity contribution in [2.75, 3.05) is 47.5 Å². The highest BCUT2D eigenvalue weighted by Gasteiger charge is 2.22. The van der Waals surface area contributed by atoms with Gasteiger partial charge in [0.1, 0.15) is 13.2 Å². The first-order valence-electron chi connectivity index (χ1n) is 33.8. The highest BCUT2D eigenvalue weighted by Crippen LogP contribution is 2.18. The summed E-state index contributed by atoms with van der Waals surface area (Å²) in [5.41, 5.74) is 0. The molecule has 0 aliphatic rings. The Hall–Kier alpha value is -2.75. The molecule has 0 N–H and O–H groups in total. The predicted octanol–water partition coefficient (Wildman–Crippen LogP) is 19.2. The number of rotatable bonds is 63. The molecule has 9 nitrogen and oxygen atoms in total. The van der Waals surface area contributed by atoms with Crippen LogP contribution < -0.4 is 5.11 Å². The van der Waals surface area contributed by atoms with Crippen LogP contribution in [0.4, 0.5) is 0 Å². The summed E-state index contributed by atoms with van der Waals surface area (Å²) in [4.78, 5) is 37.4. The molecule has 2 atom stereocenters. The minimum atomic E-state index is -1.62. The number of carboxylic acids is 1. The fourth-order valence-corrected chi connectivity index (χ4v) is 9.90. The monoisotopic (exact) mass is 1110 g/mol. The maximum Gasteiger partial charge on any atom is 0.306 e. The fraction of sp³-hybridized carbons (Fsp3) is 0.843. The molecule has 0 bridgehead atoms. The normalized spacial score (nSPS) is 13.0. The third-order valence-corrected chi connectivity index (χ3v) is 15.1. The van der Waals surface area contributed by atoms with Crippen molar-refractivity contribution >= 4 is 17.9 Å². The van der Waals surface area contributed by atoms with Crippen molar-refractivity contribution < 1.29 is 42.9 Å². The van der Waals surface area contributed by atoms with Crippen LogP contribution in [0.5, 0.6) is 0 Å². The molecule has 0 aromatic carbocycles. The smallest absolute Gasteiger partial charge is 0.306 e. The Labute approximate surface area is 489 Å². The number of ether oxygens (including phenoxy) is 4. The third kappa shape index (κ3) is 62.7. The molecule has 2 unspecified atom stereocenters. The van der Waals surface area contributed by atoms with Gasteiger partial charge in [-0.2, -0.15) is 0 Å². The van der Waals surface area contributed by atoms with E-state index in [1.165, 1.54) is 225 Å². The van der Waals surface area contributed by atoms with Crippen molar-refractivity contribution in [3.63, 3.8) is 0 Å². The second-order valence-electron chi connectivity index (χ2n) is 24.1. The van der Waals surface area contributed by atoms with E-state index in [2.05, 4.69) is 62.5 Å². The zero-order valence-corrected chi connectivity index (χ0v) is 52.8. The van der Waals surface area contributed by atoms with Crippen LogP contribution in [0, 0.1) is 0 Å². The van der Waals surface area contributed by atoms with Crippen LogP contribution >= 0.6 is 0 Å². The van der Waals surface area contributed by atoms with Gasteiger partial charge < -0.3 is 33.3 Å². The maximum absolute atomic E-state index is 12.9. The van der Waals surface area contributed by atoms with Gasteiger partial charge in [0, 0.05) is 12.8 Å². The average molecular weight is 1110 g/mol. The molecular weight excluding hydrogens is 983 g/mol. The SMILES string of the molecule is CC/C=C\C/C=C\C/C=C\CCCCCCCCCC(=O)OC(COC(=O)CCCCCCCCCCCCCCCCCCCCCCCCCCC/C=C\CCCCCCCCCC)COC(OCC[N+](C)(C)C)C(=O)[O-]. The molecule has 0 fully saturated rings. The number of hydrogen-bond acceptors (Lipinski definition) is 8. The Kier molecular flexibility index (Phi) is 59.2. The maximum atomic E-state index is 12.9. The largest absolute Gasteiger partial charge is 0.545 e. The van der Waals surface area contributed by atoms with Crippen LogP contribution in [0.2, 0.25) is 0 Å². The first kappa shape index (κ1) is 76.2. The molecule has 0 aliphatic heterocycles. The number of hydrogen-bond donors (Lipinski definition) is 0. The van der Waals surface area contributed by atoms with Gasteiger partial charge >= 0.3 is 11.9 Å². The van der Waals surface area contributed by atoms with E-state index >= 15 is 0 Å². The number of carbonyl (C=O) groups excluding carboxylic acids is 3. The number of allylic oxidation sites excluding steroid dienone is 8. The summed E-state index contributed by atoms with van der Waals surface area (Å²) in [6, 6.07) is 0. The molecule has 0 saturated carbocycles. The molecule has 79 heavy (non-hydrogen) atoms. The molecule has 0 saturated heterocycles. The number of aliphatic carboxylic acids is 1. The quantitative estimate of drug-likeness (QED) is 0.0195. The van der Waals surface area contributed by atoms with Crippen molar-refractivity contribution in [3.05, 3.63) is 48.6 Å². The summed E-state index contributed by atoms with van der Waals surface area (Å²) in [5.74, 6) is -2.28. The van der Waals surface area contributed by atoms with Gasteiger partial charge in [-0.15, -0.1) is 0 Å². The minimum Gasteiger partial charge on any atom is -0.545 e. The van der Waals surface area contributed by atoms with Crippen LogP contribution in [0.3, 0.4) is 0 Å². The van der Waals surface area contributed by atoms with Gasteiger partial charge in [-0.1, -0.05) is 287 Å². The van der Waals surface area contributed by atoms with E-state index in [-0.39, 0.29) is 32.2 Å². The van der Waals surface area contributed by atoms with Gasteiger partial charge in [-0.25, -0.2) is 0 Å². The van der Waals surface area contributed by atoms with Gasteiger partial charge in [0.2, 0.25) is 0 Å². The lowest BCUT2D eigenvalue weighted by Gasteiger charge is -2.26. The molecule has 9 heteroatoms. The number of carbonyl (C=O) groups is 3. The van der Waals surface area contributed by atoms with Crippen molar-refractivity contribution in [2.24, 2.45) is 0 Å². The Bertz CT molecular complexity index is 1430. The summed E-state index contributed by atoms with van der Waals surface area (Å²) in [6.45, 7) is 4.66. The van der Waals surface area contributed by atoms with Crippen LogP contribution in [-0.4, -0.2) is 82.3 Å². The summed E-state index contributed by atoms with van der Waals surface area (Å²) < 4.78 is 22.7. The lowest BCUT2D eigenvalue weighted by molar-refractivity contribution is -0.870. The van der Waals surface area contributed by atoms with Crippen molar-refractivity contribution in [1.82, 2.24) is 0 Å². The lowest BCUT2D eigenvalue weighted by Crippen LogP contribution is -2.44. The summed E-state index contributed by atoms with van der Waals surface area (Å²) >= 11 is 0. The highest BCUT2D eigenvalue weighted by atomic mass is 16.7. The first-order chi connectivity index (χ1) is 38.6. The molecular formula is C70H129NO8. The standard InChI is InChI=1S/C70H129NO8/c1-6-8-10-12-14-16-18-20-22-24-25-26-27-28-29-30-31-32-33-34-35-36-37-38-39-40-41-42-43-45-46-48-50-52-54-56-58-60-67(72)77-64-66(65-78-70(69(74)75)76-63-62-71(3,4)5)79-68(73)61-59-57-55-53-51-49-47-44-23-21-19-17-15-13-11-9-7-2/h9,11,15,17,21,23-25,66,70H,6-8,10,12-14,16,18-20,22,26-65H2,1-5H3/b11-9-,17-15-,23-21-,25-24-. The number of quaternary nitrogens is 1. The molecule has 0 rings (SSSR count). The number of likely N-dealkylation sites (N-methyl/N-ethyl adjacent to an activating group) is 1. The van der Waals surface area contributed by atoms with E-state index in [0.717, 1.165) is 64.2 Å². The summed E-state index contributed by atoms with van der Waals surface area (Å²) in [6.07, 6.45) is 75.0. The van der Waals surface area contributed by atoms with Crippen LogP contribution in [-0.2, 0) is 33.3 Å². The predicted molar refractivity (Wildman–Crippen MR) is 334 cm³/mol. The number of nitrogens with zero attached hydrogens (tertiary/aromatic N) is 1. The van der Waals surface area contributed by atoms with Gasteiger partial charge in [-0.05, 0) is 70.6 Å². The van der Waals surface area contributed by atoms with Crippen LogP contribution in [0.1, 0.15) is 322 Å². The minimum absolute atomic E-state index is 0.146. The molecule has 0 radical (unpaired) electrons. The Morgan fingerprint density at radius 2 is 0.722 bits per heavy atom. The Balaban J connectivity index is 3.96. The van der Waals surface area contributed by atoms with Gasteiger partial charge in [0.15, 0.2) is 12.4 Å². The fourth-order valence-electron chi connectivity index (χ4n) is 9.90. The number of unbranched alkanes of at least 4 members (excludes halogenated alkanes) is 40. The van der Waals surface area contributed by atoms with E-state index < -0.39 is 24.3 Å². The number of esters is 2. The van der Waals surface area contributed by atoms with E-state index in [9.17, 15) is 19.5 Å². The van der Waals surface area contributed by atoms with Crippen molar-refractivity contribution in [1.29, 1.82) is 0 Å². The van der Waals surface area contributed by atoms with Crippen molar-refractivity contribution in [3.8, 4) is 0 Å². The molecule has 0 aromatic rings. The Morgan fingerprint density at radius 3 is 1.09 bits per heavy atom. The van der Waals surface area contributed by atoms with Gasteiger partial charge in [0.25, 0.3) is 0 Å². The molecule has 0 aliphatic carbocycles. The third-order valence-electron chi connectivity index (χ3n) is 15.1. The zero-order chi connectivity index (χ0) is 57.6. The van der Waals surface area contributed by atoms with Gasteiger partial charge in [0.05, 0.1) is 40.3 Å². The van der Waals surface area contributed by atoms with E-state index in [1.54, 1.807) is 0 Å². The van der Waals surface area contributed by atoms with E-state index in [0.29, 0.717) is 23.9 Å². The highest BCUT2D eigenvalue weighted by molar-refractivity contribution is 5.70. The summed E-state index contributed by atoms with van der Waals surface area (Å²) in [5, 5.41) is 11.8. The zero-order valence-electron chi connectivity index (χ0n) is 52.8.